The van der Waals surface area contributed by atoms with Gasteiger partial charge >= 0.3 is 0 Å². The molecule has 0 radical (unpaired) electrons. The fraction of sp³-hybridized carbons (Fsp3) is 0.750. The first-order chi connectivity index (χ1) is 8.66. The van der Waals surface area contributed by atoms with Crippen LogP contribution in [0.3, 0.4) is 0 Å². The van der Waals surface area contributed by atoms with E-state index < -0.39 is 5.41 Å². The Hall–Kier alpha value is -1.43. The van der Waals surface area contributed by atoms with Crippen molar-refractivity contribution in [3.8, 4) is 0 Å². The van der Waals surface area contributed by atoms with Gasteiger partial charge in [-0.1, -0.05) is 24.4 Å². The van der Waals surface area contributed by atoms with E-state index in [4.69, 9.17) is 10.3 Å². The molecule has 1 heterocycles. The van der Waals surface area contributed by atoms with E-state index in [1.807, 2.05) is 0 Å². The third kappa shape index (κ3) is 2.69. The highest BCUT2D eigenvalue weighted by molar-refractivity contribution is 5.82. The standard InChI is InChI=1S/C12H20N4O2/c1-9-15-10(16-18-9)7-14-11(17)12(8-13)5-3-2-4-6-12/h2-8,13H2,1H3,(H,14,17). The molecule has 18 heavy (non-hydrogen) atoms. The van der Waals surface area contributed by atoms with Gasteiger partial charge in [0.25, 0.3) is 0 Å². The summed E-state index contributed by atoms with van der Waals surface area (Å²) in [5, 5.41) is 6.62. The number of carbonyl (C=O) groups excluding carboxylic acids is 1. The smallest absolute Gasteiger partial charge is 0.227 e. The van der Waals surface area contributed by atoms with Gasteiger partial charge in [-0.3, -0.25) is 4.79 Å². The quantitative estimate of drug-likeness (QED) is 0.830. The van der Waals surface area contributed by atoms with Gasteiger partial charge in [0, 0.05) is 13.5 Å². The number of aromatic nitrogens is 2. The summed E-state index contributed by atoms with van der Waals surface area (Å²) in [4.78, 5) is 16.3. The Morgan fingerprint density at radius 3 is 2.72 bits per heavy atom. The van der Waals surface area contributed by atoms with Gasteiger partial charge in [0.15, 0.2) is 5.82 Å². The van der Waals surface area contributed by atoms with Crippen molar-refractivity contribution >= 4 is 5.91 Å². The zero-order valence-corrected chi connectivity index (χ0v) is 10.7. The second-order valence-corrected chi connectivity index (χ2v) is 4.96. The molecule has 0 spiro atoms. The molecule has 1 amide bonds. The van der Waals surface area contributed by atoms with Crippen molar-refractivity contribution in [1.29, 1.82) is 0 Å². The molecule has 0 aromatic carbocycles. The molecule has 1 aliphatic rings. The van der Waals surface area contributed by atoms with E-state index in [2.05, 4.69) is 15.5 Å². The first-order valence-electron chi connectivity index (χ1n) is 6.44. The predicted octanol–water partition coefficient (Wildman–Crippen LogP) is 0.903. The topological polar surface area (TPSA) is 94.0 Å². The SMILES string of the molecule is Cc1nc(CNC(=O)C2(CN)CCCCC2)no1. The molecule has 0 bridgehead atoms. The van der Waals surface area contributed by atoms with Crippen LogP contribution in [0.1, 0.15) is 43.8 Å². The summed E-state index contributed by atoms with van der Waals surface area (Å²) in [5.41, 5.74) is 5.41. The number of hydrogen-bond acceptors (Lipinski definition) is 5. The van der Waals surface area contributed by atoms with Crippen LogP contribution in [-0.4, -0.2) is 22.6 Å². The maximum Gasteiger partial charge on any atom is 0.227 e. The van der Waals surface area contributed by atoms with Gasteiger partial charge < -0.3 is 15.6 Å². The van der Waals surface area contributed by atoms with E-state index in [1.165, 1.54) is 6.42 Å². The minimum atomic E-state index is -0.392. The highest BCUT2D eigenvalue weighted by atomic mass is 16.5. The van der Waals surface area contributed by atoms with E-state index in [-0.39, 0.29) is 5.91 Å². The second-order valence-electron chi connectivity index (χ2n) is 4.96. The van der Waals surface area contributed by atoms with E-state index in [9.17, 15) is 4.79 Å². The van der Waals surface area contributed by atoms with Gasteiger partial charge in [-0.05, 0) is 12.8 Å². The second kappa shape index (κ2) is 5.48. The normalized spacial score (nSPS) is 18.6. The monoisotopic (exact) mass is 252 g/mol. The van der Waals surface area contributed by atoms with Gasteiger partial charge in [0.1, 0.15) is 0 Å². The number of aryl methyl sites for hydroxylation is 1. The molecule has 3 N–H and O–H groups in total. The average Bonchev–Trinajstić information content (AvgIpc) is 2.82. The number of nitrogens with zero attached hydrogens (tertiary/aromatic N) is 2. The van der Waals surface area contributed by atoms with Crippen LogP contribution in [0.15, 0.2) is 4.52 Å². The predicted molar refractivity (Wildman–Crippen MR) is 65.5 cm³/mol. The summed E-state index contributed by atoms with van der Waals surface area (Å²) < 4.78 is 4.86. The molecule has 1 aromatic rings. The Bertz CT molecular complexity index is 410. The Labute approximate surface area is 106 Å². The molecule has 2 rings (SSSR count). The van der Waals surface area contributed by atoms with Gasteiger partial charge in [0.2, 0.25) is 11.8 Å². The molecule has 1 aliphatic carbocycles. The van der Waals surface area contributed by atoms with E-state index in [1.54, 1.807) is 6.92 Å². The van der Waals surface area contributed by atoms with Crippen molar-refractivity contribution in [3.63, 3.8) is 0 Å². The van der Waals surface area contributed by atoms with Crippen molar-refractivity contribution in [2.45, 2.75) is 45.6 Å². The third-order valence-corrected chi connectivity index (χ3v) is 3.66. The third-order valence-electron chi connectivity index (χ3n) is 3.66. The van der Waals surface area contributed by atoms with Crippen LogP contribution in [0, 0.1) is 12.3 Å². The van der Waals surface area contributed by atoms with Crippen molar-refractivity contribution in [3.05, 3.63) is 11.7 Å². The zero-order chi connectivity index (χ0) is 13.0. The molecule has 6 heteroatoms. The van der Waals surface area contributed by atoms with Crippen LogP contribution in [0.25, 0.3) is 0 Å². The van der Waals surface area contributed by atoms with Crippen LogP contribution in [-0.2, 0) is 11.3 Å². The number of rotatable bonds is 4. The number of amides is 1. The van der Waals surface area contributed by atoms with Crippen molar-refractivity contribution in [2.75, 3.05) is 6.54 Å². The summed E-state index contributed by atoms with van der Waals surface area (Å²) in [6, 6.07) is 0. The highest BCUT2D eigenvalue weighted by Crippen LogP contribution is 2.35. The number of hydrogen-bond donors (Lipinski definition) is 2. The molecule has 1 aromatic heterocycles. The molecule has 0 aliphatic heterocycles. The summed E-state index contributed by atoms with van der Waals surface area (Å²) in [6.07, 6.45) is 5.10. The molecule has 1 saturated carbocycles. The first-order valence-corrected chi connectivity index (χ1v) is 6.44. The summed E-state index contributed by atoms with van der Waals surface area (Å²) in [6.45, 7) is 2.43. The number of nitrogens with one attached hydrogen (secondary N) is 1. The van der Waals surface area contributed by atoms with E-state index >= 15 is 0 Å². The molecule has 0 atom stereocenters. The maximum absolute atomic E-state index is 12.3. The number of carbonyl (C=O) groups is 1. The summed E-state index contributed by atoms with van der Waals surface area (Å²) in [7, 11) is 0. The Kier molecular flexibility index (Phi) is 3.96. The van der Waals surface area contributed by atoms with Crippen molar-refractivity contribution in [2.24, 2.45) is 11.1 Å². The van der Waals surface area contributed by atoms with Crippen LogP contribution >= 0.6 is 0 Å². The minimum absolute atomic E-state index is 0.0205. The minimum Gasteiger partial charge on any atom is -0.348 e. The van der Waals surface area contributed by atoms with E-state index in [0.29, 0.717) is 24.8 Å². The lowest BCUT2D eigenvalue weighted by Gasteiger charge is -2.34. The lowest BCUT2D eigenvalue weighted by atomic mass is 9.73. The Balaban J connectivity index is 1.93. The lowest BCUT2D eigenvalue weighted by Crippen LogP contribution is -2.47. The fourth-order valence-corrected chi connectivity index (χ4v) is 2.51. The summed E-state index contributed by atoms with van der Waals surface area (Å²) >= 11 is 0. The number of nitrogens with two attached hydrogens (primary N) is 1. The molecule has 6 nitrogen and oxygen atoms in total. The molecule has 100 valence electrons. The van der Waals surface area contributed by atoms with Gasteiger partial charge in [0.05, 0.1) is 12.0 Å². The maximum atomic E-state index is 12.3. The zero-order valence-electron chi connectivity index (χ0n) is 10.7. The molecular formula is C12H20N4O2. The van der Waals surface area contributed by atoms with Gasteiger partial charge in [-0.15, -0.1) is 0 Å². The van der Waals surface area contributed by atoms with Crippen LogP contribution in [0.4, 0.5) is 0 Å². The van der Waals surface area contributed by atoms with Crippen molar-refractivity contribution < 1.29 is 9.32 Å². The largest absolute Gasteiger partial charge is 0.348 e. The van der Waals surface area contributed by atoms with Crippen LogP contribution < -0.4 is 11.1 Å². The lowest BCUT2D eigenvalue weighted by molar-refractivity contribution is -0.132. The van der Waals surface area contributed by atoms with Gasteiger partial charge in [-0.2, -0.15) is 4.98 Å². The summed E-state index contributed by atoms with van der Waals surface area (Å²) in [5.74, 6) is 1.03. The Morgan fingerprint density at radius 2 is 2.17 bits per heavy atom. The van der Waals surface area contributed by atoms with Crippen LogP contribution in [0.5, 0.6) is 0 Å². The Morgan fingerprint density at radius 1 is 1.44 bits per heavy atom. The molecule has 0 unspecified atom stereocenters. The molecule has 1 fully saturated rings. The molecule has 0 saturated heterocycles. The first kappa shape index (κ1) is 13.0. The van der Waals surface area contributed by atoms with E-state index in [0.717, 1.165) is 25.7 Å². The van der Waals surface area contributed by atoms with Crippen LogP contribution in [0.2, 0.25) is 0 Å². The van der Waals surface area contributed by atoms with Gasteiger partial charge in [-0.25, -0.2) is 0 Å². The fourth-order valence-electron chi connectivity index (χ4n) is 2.51. The average molecular weight is 252 g/mol. The van der Waals surface area contributed by atoms with Crippen molar-refractivity contribution in [1.82, 2.24) is 15.5 Å². The molecular weight excluding hydrogens is 232 g/mol. The highest BCUT2D eigenvalue weighted by Gasteiger charge is 2.37.